The second kappa shape index (κ2) is 23.6. The van der Waals surface area contributed by atoms with Gasteiger partial charge in [-0.2, -0.15) is 0 Å². The average Bonchev–Trinajstić information content (AvgIpc) is 4.04. The van der Waals surface area contributed by atoms with Crippen LogP contribution in [0.5, 0.6) is 0 Å². The van der Waals surface area contributed by atoms with Crippen LogP contribution in [0.3, 0.4) is 0 Å². The minimum absolute atomic E-state index is 0.108. The number of carbonyl (C=O) groups is 4. The Morgan fingerprint density at radius 1 is 0.500 bits per heavy atom. The number of esters is 4. The molecule has 15 nitrogen and oxygen atoms in total. The Morgan fingerprint density at radius 2 is 0.833 bits per heavy atom. The molecule has 0 spiro atoms. The maximum atomic E-state index is 12.2. The van der Waals surface area contributed by atoms with Crippen LogP contribution >= 0.6 is 0 Å². The molecule has 0 bridgehead atoms. The predicted octanol–water partition coefficient (Wildman–Crippen LogP) is 2.32. The number of ether oxygens (including phenoxy) is 8. The molecule has 3 heterocycles. The van der Waals surface area contributed by atoms with Gasteiger partial charge in [-0.15, -0.1) is 0 Å². The highest BCUT2D eigenvalue weighted by Gasteiger charge is 2.34. The van der Waals surface area contributed by atoms with Crippen molar-refractivity contribution in [3.8, 4) is 0 Å². The smallest absolute Gasteiger partial charge is 0.307 e. The molecule has 4 aliphatic rings. The molecule has 0 N–H and O–H groups in total. The van der Waals surface area contributed by atoms with Gasteiger partial charge in [0.05, 0.1) is 77.5 Å². The van der Waals surface area contributed by atoms with Crippen molar-refractivity contribution in [3.63, 3.8) is 0 Å². The molecule has 310 valence electrons. The van der Waals surface area contributed by atoms with Crippen LogP contribution in [0.15, 0.2) is 0 Å². The second-order valence-corrected chi connectivity index (χ2v) is 15.7. The van der Waals surface area contributed by atoms with Crippen LogP contribution in [-0.2, 0) is 57.1 Å². The Kier molecular flexibility index (Phi) is 19.4. The minimum Gasteiger partial charge on any atom is -0.466 e. The lowest BCUT2D eigenvalue weighted by molar-refractivity contribution is -0.151. The lowest BCUT2D eigenvalue weighted by atomic mass is 9.92. The summed E-state index contributed by atoms with van der Waals surface area (Å²) in [5, 5.41) is 0. The van der Waals surface area contributed by atoms with Crippen LogP contribution in [0.2, 0.25) is 0 Å². The number of nitrogens with zero attached hydrogens (tertiary/aromatic N) is 3. The highest BCUT2D eigenvalue weighted by atomic mass is 16.6. The third-order valence-corrected chi connectivity index (χ3v) is 10.6. The maximum Gasteiger partial charge on any atom is 0.307 e. The van der Waals surface area contributed by atoms with Gasteiger partial charge in [-0.05, 0) is 45.4 Å². The third-order valence-electron chi connectivity index (χ3n) is 10.6. The van der Waals surface area contributed by atoms with Crippen LogP contribution < -0.4 is 0 Å². The summed E-state index contributed by atoms with van der Waals surface area (Å²) in [5.74, 6) is 0.339. The molecule has 4 rings (SSSR count). The highest BCUT2D eigenvalue weighted by molar-refractivity contribution is 5.70. The zero-order chi connectivity index (χ0) is 38.8. The Hall–Kier alpha value is -2.40. The molecule has 8 unspecified atom stereocenters. The summed E-state index contributed by atoms with van der Waals surface area (Å²) in [6, 6.07) is 1.60. The van der Waals surface area contributed by atoms with Gasteiger partial charge in [-0.1, -0.05) is 6.92 Å². The predicted molar refractivity (Wildman–Crippen MR) is 198 cm³/mol. The van der Waals surface area contributed by atoms with Crippen molar-refractivity contribution in [2.75, 3.05) is 119 Å². The average molecular weight is 770 g/mol. The number of hydrogen-bond acceptors (Lipinski definition) is 15. The summed E-state index contributed by atoms with van der Waals surface area (Å²) in [6.45, 7) is 15.8. The first-order chi connectivity index (χ1) is 26.0. The van der Waals surface area contributed by atoms with Gasteiger partial charge >= 0.3 is 23.9 Å². The molecule has 0 aromatic rings. The van der Waals surface area contributed by atoms with Gasteiger partial charge < -0.3 is 37.9 Å². The Labute approximate surface area is 321 Å². The zero-order valence-electron chi connectivity index (χ0n) is 33.3. The molecule has 0 aromatic heterocycles. The molecule has 1 saturated carbocycles. The fraction of sp³-hybridized carbons (Fsp3) is 0.897. The van der Waals surface area contributed by atoms with E-state index in [0.29, 0.717) is 88.3 Å². The molecule has 8 atom stereocenters. The van der Waals surface area contributed by atoms with Crippen molar-refractivity contribution < 1.29 is 57.1 Å². The first-order valence-electron chi connectivity index (χ1n) is 20.2. The Morgan fingerprint density at radius 3 is 1.19 bits per heavy atom. The topological polar surface area (TPSA) is 151 Å². The lowest BCUT2D eigenvalue weighted by Gasteiger charge is -2.33. The summed E-state index contributed by atoms with van der Waals surface area (Å²) < 4.78 is 45.7. The summed E-state index contributed by atoms with van der Waals surface area (Å²) in [4.78, 5) is 55.4. The highest BCUT2D eigenvalue weighted by Crippen LogP contribution is 2.41. The van der Waals surface area contributed by atoms with Gasteiger partial charge in [0.25, 0.3) is 0 Å². The first-order valence-corrected chi connectivity index (χ1v) is 20.2. The standard InChI is InChI=1S/C39H67N3O12/c1-30-22-34(30)6-7-35(43)52-19-16-48-27-39(28-49-17-20-53-37(45)9-12-41-24-32(41)3,29-50-18-21-54-38(46)10-13-42-25-33(42)4)26-47-14-5-15-51-36(44)8-11-40-23-31(40)2/h30-34H,5-29H2,1-4H3. The normalized spacial score (nSPS) is 27.4. The van der Waals surface area contributed by atoms with Crippen LogP contribution in [0.1, 0.15) is 72.6 Å². The van der Waals surface area contributed by atoms with Crippen molar-refractivity contribution >= 4 is 23.9 Å². The summed E-state index contributed by atoms with van der Waals surface area (Å²) in [7, 11) is 0. The van der Waals surface area contributed by atoms with Crippen molar-refractivity contribution in [1.29, 1.82) is 0 Å². The molecule has 54 heavy (non-hydrogen) atoms. The molecule has 0 aromatic carbocycles. The molecule has 15 heteroatoms. The van der Waals surface area contributed by atoms with Crippen LogP contribution in [0.4, 0.5) is 0 Å². The molecular formula is C39H67N3O12. The van der Waals surface area contributed by atoms with E-state index in [1.54, 1.807) is 0 Å². The summed E-state index contributed by atoms with van der Waals surface area (Å²) in [5.41, 5.74) is -0.795. The van der Waals surface area contributed by atoms with E-state index in [4.69, 9.17) is 37.9 Å². The van der Waals surface area contributed by atoms with E-state index >= 15 is 0 Å². The number of carbonyl (C=O) groups excluding carboxylic acids is 4. The summed E-state index contributed by atoms with van der Waals surface area (Å²) in [6.07, 6.45) is 3.99. The molecule has 0 radical (unpaired) electrons. The first kappa shape index (κ1) is 44.3. The molecular weight excluding hydrogens is 702 g/mol. The maximum absolute atomic E-state index is 12.2. The number of hydrogen-bond donors (Lipinski definition) is 0. The Balaban J connectivity index is 1.22. The lowest BCUT2D eigenvalue weighted by Crippen LogP contribution is -2.42. The van der Waals surface area contributed by atoms with E-state index in [1.165, 1.54) is 6.42 Å². The van der Waals surface area contributed by atoms with Gasteiger partial charge in [0.15, 0.2) is 0 Å². The molecule has 3 saturated heterocycles. The van der Waals surface area contributed by atoms with Gasteiger partial charge in [0, 0.05) is 76.8 Å². The van der Waals surface area contributed by atoms with Gasteiger partial charge in [-0.3, -0.25) is 33.9 Å². The Bertz CT molecular complexity index is 1060. The van der Waals surface area contributed by atoms with Crippen molar-refractivity contribution in [3.05, 3.63) is 0 Å². The molecule has 4 fully saturated rings. The zero-order valence-corrected chi connectivity index (χ0v) is 33.3. The van der Waals surface area contributed by atoms with Crippen molar-refractivity contribution in [2.45, 2.75) is 90.8 Å². The molecule has 3 aliphatic heterocycles. The monoisotopic (exact) mass is 769 g/mol. The van der Waals surface area contributed by atoms with Gasteiger partial charge in [-0.25, -0.2) is 0 Å². The van der Waals surface area contributed by atoms with E-state index < -0.39 is 5.41 Å². The molecule has 0 amide bonds. The van der Waals surface area contributed by atoms with Crippen LogP contribution in [-0.4, -0.2) is 175 Å². The van der Waals surface area contributed by atoms with Crippen LogP contribution in [0.25, 0.3) is 0 Å². The SMILES string of the molecule is CC1CC1CCC(=O)OCCOCC(COCCCOC(=O)CCN1CC1C)(COCCOC(=O)CCN1CC1C)COCCOC(=O)CCN1CC1C. The quantitative estimate of drug-likeness (QED) is 0.0416. The van der Waals surface area contributed by atoms with Crippen LogP contribution in [0, 0.1) is 17.3 Å². The van der Waals surface area contributed by atoms with E-state index in [1.807, 2.05) is 0 Å². The van der Waals surface area contributed by atoms with E-state index in [-0.39, 0.29) is 96.6 Å². The largest absolute Gasteiger partial charge is 0.466 e. The van der Waals surface area contributed by atoms with Crippen molar-refractivity contribution in [1.82, 2.24) is 14.7 Å². The number of rotatable bonds is 33. The minimum atomic E-state index is -0.795. The second-order valence-electron chi connectivity index (χ2n) is 15.7. The fourth-order valence-electron chi connectivity index (χ4n) is 6.30. The fourth-order valence-corrected chi connectivity index (χ4v) is 6.30. The van der Waals surface area contributed by atoms with Gasteiger partial charge in [0.1, 0.15) is 19.8 Å². The summed E-state index contributed by atoms with van der Waals surface area (Å²) >= 11 is 0. The van der Waals surface area contributed by atoms with E-state index in [0.717, 1.165) is 26.1 Å². The van der Waals surface area contributed by atoms with E-state index in [2.05, 4.69) is 42.4 Å². The van der Waals surface area contributed by atoms with Gasteiger partial charge in [0.2, 0.25) is 0 Å². The van der Waals surface area contributed by atoms with E-state index in [9.17, 15) is 19.2 Å². The van der Waals surface area contributed by atoms with Crippen molar-refractivity contribution in [2.24, 2.45) is 17.3 Å². The molecule has 1 aliphatic carbocycles. The third kappa shape index (κ3) is 19.0.